The van der Waals surface area contributed by atoms with Gasteiger partial charge in [-0.05, 0) is 68.1 Å². The SMILES string of the molecule is O=C(/N=C(/Nc1cc(F)cc(Cl)c1)N[C@H]1CC[C@H](Nc2ncccn2)CC1)c1ccc(F)c(F)c1. The molecule has 2 aromatic carbocycles. The third-order valence-electron chi connectivity index (χ3n) is 5.47. The van der Waals surface area contributed by atoms with E-state index in [1.54, 1.807) is 18.5 Å². The van der Waals surface area contributed by atoms with Gasteiger partial charge in [0.05, 0.1) is 0 Å². The Morgan fingerprint density at radius 3 is 2.34 bits per heavy atom. The van der Waals surface area contributed by atoms with Crippen LogP contribution in [0.15, 0.2) is 59.9 Å². The van der Waals surface area contributed by atoms with Crippen molar-refractivity contribution in [1.82, 2.24) is 15.3 Å². The van der Waals surface area contributed by atoms with E-state index in [9.17, 15) is 18.0 Å². The fraction of sp³-hybridized carbons (Fsp3) is 0.250. The van der Waals surface area contributed by atoms with E-state index in [2.05, 4.69) is 30.9 Å². The zero-order chi connectivity index (χ0) is 24.8. The summed E-state index contributed by atoms with van der Waals surface area (Å²) >= 11 is 5.94. The second-order valence-corrected chi connectivity index (χ2v) is 8.52. The number of nitrogens with one attached hydrogen (secondary N) is 3. The molecule has 1 aliphatic carbocycles. The van der Waals surface area contributed by atoms with Gasteiger partial charge in [0.1, 0.15) is 5.82 Å². The van der Waals surface area contributed by atoms with Crippen LogP contribution in [0.4, 0.5) is 24.8 Å². The predicted molar refractivity (Wildman–Crippen MR) is 128 cm³/mol. The lowest BCUT2D eigenvalue weighted by molar-refractivity contribution is 0.100. The Hall–Kier alpha value is -3.66. The Balaban J connectivity index is 1.47. The molecule has 1 fully saturated rings. The molecule has 1 saturated carbocycles. The molecule has 0 bridgehead atoms. The predicted octanol–water partition coefficient (Wildman–Crippen LogP) is 5.17. The van der Waals surface area contributed by atoms with E-state index in [-0.39, 0.29) is 34.3 Å². The van der Waals surface area contributed by atoms with Crippen molar-refractivity contribution in [1.29, 1.82) is 0 Å². The first-order valence-corrected chi connectivity index (χ1v) is 11.3. The van der Waals surface area contributed by atoms with Crippen LogP contribution in [-0.4, -0.2) is 33.9 Å². The lowest BCUT2D eigenvalue weighted by Gasteiger charge is -2.30. The Bertz CT molecular complexity index is 1200. The van der Waals surface area contributed by atoms with Gasteiger partial charge in [-0.3, -0.25) is 4.79 Å². The molecule has 1 aliphatic rings. The zero-order valence-electron chi connectivity index (χ0n) is 18.4. The smallest absolute Gasteiger partial charge is 0.280 e. The van der Waals surface area contributed by atoms with Crippen LogP contribution >= 0.6 is 11.6 Å². The van der Waals surface area contributed by atoms with E-state index in [4.69, 9.17) is 11.6 Å². The van der Waals surface area contributed by atoms with E-state index in [0.29, 0.717) is 5.95 Å². The highest BCUT2D eigenvalue weighted by atomic mass is 35.5. The first kappa shape index (κ1) is 24.5. The van der Waals surface area contributed by atoms with Gasteiger partial charge in [0.25, 0.3) is 5.91 Å². The molecule has 3 aromatic rings. The van der Waals surface area contributed by atoms with Gasteiger partial charge < -0.3 is 16.0 Å². The zero-order valence-corrected chi connectivity index (χ0v) is 19.2. The number of halogens is 4. The standard InChI is InChI=1S/C24H22ClF3N6O/c25-15-11-16(26)13-19(12-15)33-24(34-22(35)14-2-7-20(27)21(28)10-14)32-18-5-3-17(4-6-18)31-23-29-8-1-9-30-23/h1-2,7-13,17-18H,3-6H2,(H,29,30,31)(H2,32,33,34,35)/t17-,18-. The molecule has 1 aromatic heterocycles. The highest BCUT2D eigenvalue weighted by Crippen LogP contribution is 2.22. The molecular weight excluding hydrogens is 481 g/mol. The molecule has 1 amide bonds. The monoisotopic (exact) mass is 502 g/mol. The Labute approximate surface area is 204 Å². The highest BCUT2D eigenvalue weighted by Gasteiger charge is 2.23. The Morgan fingerprint density at radius 1 is 0.943 bits per heavy atom. The molecule has 1 heterocycles. The third-order valence-corrected chi connectivity index (χ3v) is 5.69. The molecule has 182 valence electrons. The van der Waals surface area contributed by atoms with E-state index < -0.39 is 23.4 Å². The largest absolute Gasteiger partial charge is 0.353 e. The lowest BCUT2D eigenvalue weighted by atomic mass is 9.91. The van der Waals surface area contributed by atoms with Gasteiger partial charge in [-0.1, -0.05) is 11.6 Å². The van der Waals surface area contributed by atoms with Gasteiger partial charge in [-0.15, -0.1) is 0 Å². The van der Waals surface area contributed by atoms with Crippen molar-refractivity contribution in [2.45, 2.75) is 37.8 Å². The molecule has 0 saturated heterocycles. The number of nitrogens with zero attached hydrogens (tertiary/aromatic N) is 3. The van der Waals surface area contributed by atoms with Crippen LogP contribution in [0, 0.1) is 17.5 Å². The molecule has 11 heteroatoms. The maximum Gasteiger partial charge on any atom is 0.280 e. The summed E-state index contributed by atoms with van der Waals surface area (Å²) in [5.74, 6) is -2.97. The molecule has 0 radical (unpaired) electrons. The molecule has 0 spiro atoms. The van der Waals surface area contributed by atoms with Crippen LogP contribution in [0.2, 0.25) is 5.02 Å². The molecule has 0 atom stereocenters. The summed E-state index contributed by atoms with van der Waals surface area (Å²) in [6, 6.07) is 8.49. The summed E-state index contributed by atoms with van der Waals surface area (Å²) in [7, 11) is 0. The van der Waals surface area contributed by atoms with E-state index in [0.717, 1.165) is 49.9 Å². The number of guanidine groups is 1. The molecule has 3 N–H and O–H groups in total. The minimum atomic E-state index is -1.15. The minimum Gasteiger partial charge on any atom is -0.353 e. The summed E-state index contributed by atoms with van der Waals surface area (Å²) in [6.45, 7) is 0. The van der Waals surface area contributed by atoms with E-state index in [1.165, 1.54) is 12.1 Å². The lowest BCUT2D eigenvalue weighted by Crippen LogP contribution is -2.43. The molecule has 0 aliphatic heterocycles. The fourth-order valence-electron chi connectivity index (χ4n) is 3.79. The Morgan fingerprint density at radius 2 is 1.66 bits per heavy atom. The van der Waals surface area contributed by atoms with Gasteiger partial charge in [0.2, 0.25) is 11.9 Å². The van der Waals surface area contributed by atoms with Crippen molar-refractivity contribution >= 4 is 35.1 Å². The number of aliphatic imine (C=N–C) groups is 1. The maximum atomic E-state index is 13.8. The fourth-order valence-corrected chi connectivity index (χ4v) is 4.01. The van der Waals surface area contributed by atoms with Gasteiger partial charge in [0, 0.05) is 40.8 Å². The number of rotatable bonds is 5. The number of carbonyl (C=O) groups excluding carboxylic acids is 1. The summed E-state index contributed by atoms with van der Waals surface area (Å²) in [5, 5.41) is 9.51. The quantitative estimate of drug-likeness (QED) is 0.329. The van der Waals surface area contributed by atoms with Gasteiger partial charge in [0.15, 0.2) is 11.6 Å². The van der Waals surface area contributed by atoms with Crippen molar-refractivity contribution in [3.63, 3.8) is 0 Å². The van der Waals surface area contributed by atoms with Crippen LogP contribution < -0.4 is 16.0 Å². The number of carbonyl (C=O) groups is 1. The maximum absolute atomic E-state index is 13.8. The van der Waals surface area contributed by atoms with Crippen LogP contribution in [0.3, 0.4) is 0 Å². The number of hydrogen-bond acceptors (Lipinski definition) is 4. The average molecular weight is 503 g/mol. The van der Waals surface area contributed by atoms with Gasteiger partial charge >= 0.3 is 0 Å². The first-order chi connectivity index (χ1) is 16.9. The first-order valence-electron chi connectivity index (χ1n) is 11.0. The average Bonchev–Trinajstić information content (AvgIpc) is 2.82. The normalized spacial score (nSPS) is 18.1. The summed E-state index contributed by atoms with van der Waals surface area (Å²) in [5.41, 5.74) is 0.147. The van der Waals surface area contributed by atoms with Crippen LogP contribution in [0.5, 0.6) is 0 Å². The van der Waals surface area contributed by atoms with Crippen LogP contribution in [0.25, 0.3) is 0 Å². The van der Waals surface area contributed by atoms with E-state index in [1.807, 2.05) is 0 Å². The number of aromatic nitrogens is 2. The number of anilines is 2. The van der Waals surface area contributed by atoms with Crippen molar-refractivity contribution < 1.29 is 18.0 Å². The van der Waals surface area contributed by atoms with Crippen molar-refractivity contribution in [2.75, 3.05) is 10.6 Å². The van der Waals surface area contributed by atoms with Gasteiger partial charge in [-0.25, -0.2) is 23.1 Å². The second kappa shape index (κ2) is 11.2. The van der Waals surface area contributed by atoms with E-state index >= 15 is 0 Å². The molecule has 7 nitrogen and oxygen atoms in total. The Kier molecular flexibility index (Phi) is 7.81. The summed E-state index contributed by atoms with van der Waals surface area (Å²) in [4.78, 5) is 25.0. The van der Waals surface area contributed by atoms with Crippen molar-refractivity contribution in [2.24, 2.45) is 4.99 Å². The molecule has 35 heavy (non-hydrogen) atoms. The van der Waals surface area contributed by atoms with Crippen molar-refractivity contribution in [3.05, 3.63) is 82.9 Å². The topological polar surface area (TPSA) is 91.3 Å². The number of hydrogen-bond donors (Lipinski definition) is 3. The highest BCUT2D eigenvalue weighted by molar-refractivity contribution is 6.31. The number of benzene rings is 2. The number of amides is 1. The third kappa shape index (κ3) is 6.92. The second-order valence-electron chi connectivity index (χ2n) is 8.09. The molecule has 4 rings (SSSR count). The molecular formula is C24H22ClF3N6O. The summed E-state index contributed by atoms with van der Waals surface area (Å²) in [6.07, 6.45) is 6.44. The summed E-state index contributed by atoms with van der Waals surface area (Å²) < 4.78 is 40.7. The molecule has 0 unspecified atom stereocenters. The van der Waals surface area contributed by atoms with Gasteiger partial charge in [-0.2, -0.15) is 4.99 Å². The minimum absolute atomic E-state index is 0.0437. The van der Waals surface area contributed by atoms with Crippen LogP contribution in [-0.2, 0) is 0 Å². The van der Waals surface area contributed by atoms with Crippen LogP contribution in [0.1, 0.15) is 36.0 Å². The van der Waals surface area contributed by atoms with Crippen molar-refractivity contribution in [3.8, 4) is 0 Å².